The van der Waals surface area contributed by atoms with Crippen LogP contribution in [0.3, 0.4) is 0 Å². The van der Waals surface area contributed by atoms with Crippen molar-refractivity contribution in [3.05, 3.63) is 80.4 Å². The van der Waals surface area contributed by atoms with Crippen molar-refractivity contribution >= 4 is 22.9 Å². The van der Waals surface area contributed by atoms with E-state index in [2.05, 4.69) is 26.2 Å². The van der Waals surface area contributed by atoms with Gasteiger partial charge in [0, 0.05) is 43.3 Å². The molecular formula is C25H30N4O3S. The van der Waals surface area contributed by atoms with Crippen LogP contribution in [-0.2, 0) is 6.54 Å². The first-order chi connectivity index (χ1) is 16.0. The number of nitrogens with one attached hydrogen (secondary N) is 2. The van der Waals surface area contributed by atoms with Gasteiger partial charge in [-0.25, -0.2) is 0 Å². The van der Waals surface area contributed by atoms with Gasteiger partial charge in [0.1, 0.15) is 11.3 Å². The number of rotatable bonds is 8. The maximum Gasteiger partial charge on any atom is 0.261 e. The molecule has 1 aliphatic rings. The minimum Gasteiger partial charge on any atom is -0.492 e. The summed E-state index contributed by atoms with van der Waals surface area (Å²) in [7, 11) is 0. The fourth-order valence-corrected chi connectivity index (χ4v) is 4.79. The van der Waals surface area contributed by atoms with Crippen molar-refractivity contribution < 1.29 is 9.53 Å². The van der Waals surface area contributed by atoms with E-state index >= 15 is 0 Å². The second kappa shape index (κ2) is 10.7. The fourth-order valence-electron chi connectivity index (χ4n) is 4.05. The van der Waals surface area contributed by atoms with Crippen molar-refractivity contribution in [1.29, 1.82) is 0 Å². The van der Waals surface area contributed by atoms with Gasteiger partial charge in [-0.2, -0.15) is 0 Å². The Morgan fingerprint density at radius 3 is 2.61 bits per heavy atom. The molecule has 8 heteroatoms. The van der Waals surface area contributed by atoms with Crippen molar-refractivity contribution in [2.24, 2.45) is 0 Å². The number of benzene rings is 1. The monoisotopic (exact) mass is 466 g/mol. The van der Waals surface area contributed by atoms with E-state index in [-0.39, 0.29) is 23.1 Å². The van der Waals surface area contributed by atoms with Gasteiger partial charge in [-0.05, 0) is 49.6 Å². The van der Waals surface area contributed by atoms with E-state index in [1.165, 1.54) is 0 Å². The highest BCUT2D eigenvalue weighted by Crippen LogP contribution is 2.29. The average molecular weight is 467 g/mol. The number of ether oxygens (including phenoxy) is 1. The third kappa shape index (κ3) is 5.64. The van der Waals surface area contributed by atoms with Crippen LogP contribution < -0.4 is 20.5 Å². The first-order valence-electron chi connectivity index (χ1n) is 11.3. The molecule has 3 heterocycles. The number of aromatic nitrogens is 1. The SMILES string of the molecule is CCOc1ccccc1N1CCN(Cc2ccc(C(=O)N[C@@H](C)c3cccs3)c(=O)[nH]2)CC1. The standard InChI is InChI=1S/C25H30N4O3S/c1-3-32-22-8-5-4-7-21(22)29-14-12-28(13-15-29)17-19-10-11-20(25(31)27-19)24(30)26-18(2)23-9-6-16-33-23/h4-11,16,18H,3,12-15,17H2,1-2H3,(H,26,30)(H,27,31)/t18-/m0/s1. The number of aromatic amines is 1. The van der Waals surface area contributed by atoms with Gasteiger partial charge in [-0.1, -0.05) is 18.2 Å². The molecule has 0 saturated carbocycles. The predicted octanol–water partition coefficient (Wildman–Crippen LogP) is 3.65. The molecule has 0 aliphatic carbocycles. The number of anilines is 1. The van der Waals surface area contributed by atoms with Gasteiger partial charge < -0.3 is 19.9 Å². The second-order valence-electron chi connectivity index (χ2n) is 8.10. The van der Waals surface area contributed by atoms with E-state index in [9.17, 15) is 9.59 Å². The summed E-state index contributed by atoms with van der Waals surface area (Å²) in [5.41, 5.74) is 1.72. The topological polar surface area (TPSA) is 77.7 Å². The Hall–Kier alpha value is -3.10. The number of pyridine rings is 1. The van der Waals surface area contributed by atoms with Gasteiger partial charge in [0.25, 0.3) is 11.5 Å². The Kier molecular flexibility index (Phi) is 7.47. The number of hydrogen-bond acceptors (Lipinski definition) is 6. The van der Waals surface area contributed by atoms with E-state index < -0.39 is 0 Å². The molecule has 7 nitrogen and oxygen atoms in total. The van der Waals surface area contributed by atoms with Crippen molar-refractivity contribution in [2.75, 3.05) is 37.7 Å². The van der Waals surface area contributed by atoms with Gasteiger partial charge in [0.15, 0.2) is 0 Å². The number of piperazine rings is 1. The number of carbonyl (C=O) groups excluding carboxylic acids is 1. The first-order valence-corrected chi connectivity index (χ1v) is 12.2. The zero-order valence-corrected chi connectivity index (χ0v) is 19.9. The van der Waals surface area contributed by atoms with Crippen LogP contribution in [0.15, 0.2) is 58.7 Å². The summed E-state index contributed by atoms with van der Waals surface area (Å²) < 4.78 is 5.77. The molecule has 3 aromatic rings. The normalized spacial score (nSPS) is 15.3. The van der Waals surface area contributed by atoms with Crippen molar-refractivity contribution in [3.63, 3.8) is 0 Å². The number of para-hydroxylation sites is 2. The number of H-pyrrole nitrogens is 1. The summed E-state index contributed by atoms with van der Waals surface area (Å²) in [6.07, 6.45) is 0. The minimum atomic E-state index is -0.356. The van der Waals surface area contributed by atoms with Gasteiger partial charge >= 0.3 is 0 Å². The Labute approximate surface area is 198 Å². The summed E-state index contributed by atoms with van der Waals surface area (Å²) in [5.74, 6) is 0.560. The number of thiophene rings is 1. The summed E-state index contributed by atoms with van der Waals surface area (Å²) >= 11 is 1.58. The molecule has 0 spiro atoms. The van der Waals surface area contributed by atoms with Gasteiger partial charge in [-0.3, -0.25) is 14.5 Å². The summed E-state index contributed by atoms with van der Waals surface area (Å²) in [5, 5.41) is 4.87. The van der Waals surface area contributed by atoms with Crippen LogP contribution >= 0.6 is 11.3 Å². The fraction of sp³-hybridized carbons (Fsp3) is 0.360. The van der Waals surface area contributed by atoms with E-state index in [4.69, 9.17) is 4.74 Å². The quantitative estimate of drug-likeness (QED) is 0.530. The molecular weight excluding hydrogens is 436 g/mol. The molecule has 174 valence electrons. The van der Waals surface area contributed by atoms with Gasteiger partial charge in [0.05, 0.1) is 18.3 Å². The van der Waals surface area contributed by atoms with Crippen LogP contribution in [0.25, 0.3) is 0 Å². The van der Waals surface area contributed by atoms with Gasteiger partial charge in [-0.15, -0.1) is 11.3 Å². The zero-order valence-electron chi connectivity index (χ0n) is 19.0. The Bertz CT molecular complexity index is 1120. The molecule has 1 aliphatic heterocycles. The Morgan fingerprint density at radius 2 is 1.91 bits per heavy atom. The molecule has 0 radical (unpaired) electrons. The first kappa shape index (κ1) is 23.1. The average Bonchev–Trinajstić information content (AvgIpc) is 3.36. The highest BCUT2D eigenvalue weighted by molar-refractivity contribution is 7.10. The smallest absolute Gasteiger partial charge is 0.261 e. The van der Waals surface area contributed by atoms with Crippen LogP contribution in [0.4, 0.5) is 5.69 Å². The van der Waals surface area contributed by atoms with Crippen molar-refractivity contribution in [1.82, 2.24) is 15.2 Å². The van der Waals surface area contributed by atoms with Crippen LogP contribution in [0, 0.1) is 0 Å². The summed E-state index contributed by atoms with van der Waals surface area (Å²) in [4.78, 5) is 33.7. The molecule has 1 aromatic carbocycles. The molecule has 4 rings (SSSR count). The van der Waals surface area contributed by atoms with E-state index in [1.807, 2.05) is 55.6 Å². The van der Waals surface area contributed by atoms with Crippen LogP contribution in [0.1, 0.15) is 40.8 Å². The zero-order chi connectivity index (χ0) is 23.2. The molecule has 0 bridgehead atoms. The Morgan fingerprint density at radius 1 is 1.12 bits per heavy atom. The lowest BCUT2D eigenvalue weighted by Gasteiger charge is -2.36. The molecule has 2 aromatic heterocycles. The van der Waals surface area contributed by atoms with Crippen LogP contribution in [0.5, 0.6) is 5.75 Å². The van der Waals surface area contributed by atoms with Crippen LogP contribution in [0.2, 0.25) is 0 Å². The van der Waals surface area contributed by atoms with Crippen molar-refractivity contribution in [2.45, 2.75) is 26.4 Å². The number of hydrogen-bond donors (Lipinski definition) is 2. The lowest BCUT2D eigenvalue weighted by molar-refractivity contribution is 0.0939. The molecule has 1 atom stereocenters. The molecule has 1 saturated heterocycles. The predicted molar refractivity (Wildman–Crippen MR) is 132 cm³/mol. The third-order valence-electron chi connectivity index (χ3n) is 5.80. The number of carbonyl (C=O) groups is 1. The lowest BCUT2D eigenvalue weighted by atomic mass is 10.2. The maximum absolute atomic E-state index is 12.6. The number of amides is 1. The third-order valence-corrected chi connectivity index (χ3v) is 6.86. The largest absolute Gasteiger partial charge is 0.492 e. The minimum absolute atomic E-state index is 0.138. The lowest BCUT2D eigenvalue weighted by Crippen LogP contribution is -2.46. The van der Waals surface area contributed by atoms with Crippen molar-refractivity contribution in [3.8, 4) is 5.75 Å². The number of nitrogens with zero attached hydrogens (tertiary/aromatic N) is 2. The molecule has 0 unspecified atom stereocenters. The summed E-state index contributed by atoms with van der Waals surface area (Å²) in [6, 6.07) is 15.4. The van der Waals surface area contributed by atoms with E-state index in [1.54, 1.807) is 17.4 Å². The molecule has 33 heavy (non-hydrogen) atoms. The Balaban J connectivity index is 1.34. The molecule has 2 N–H and O–H groups in total. The van der Waals surface area contributed by atoms with Crippen LogP contribution in [-0.4, -0.2) is 48.6 Å². The second-order valence-corrected chi connectivity index (χ2v) is 9.08. The van der Waals surface area contributed by atoms with Gasteiger partial charge in [0.2, 0.25) is 0 Å². The highest BCUT2D eigenvalue weighted by Gasteiger charge is 2.21. The van der Waals surface area contributed by atoms with E-state index in [0.717, 1.165) is 48.2 Å². The maximum atomic E-state index is 12.6. The molecule has 1 fully saturated rings. The molecule has 1 amide bonds. The highest BCUT2D eigenvalue weighted by atomic mass is 32.1. The van der Waals surface area contributed by atoms with E-state index in [0.29, 0.717) is 13.2 Å². The summed E-state index contributed by atoms with van der Waals surface area (Å²) in [6.45, 7) is 8.72.